The first-order valence-corrected chi connectivity index (χ1v) is 9.79. The lowest BCUT2D eigenvalue weighted by molar-refractivity contribution is -0.148. The van der Waals surface area contributed by atoms with Gasteiger partial charge in [0.25, 0.3) is 0 Å². The van der Waals surface area contributed by atoms with Gasteiger partial charge in [0.15, 0.2) is 5.96 Å². The zero-order valence-corrected chi connectivity index (χ0v) is 18.3. The fourth-order valence-electron chi connectivity index (χ4n) is 2.83. The van der Waals surface area contributed by atoms with Gasteiger partial charge in [0, 0.05) is 26.6 Å². The Balaban J connectivity index is 0.00000312. The van der Waals surface area contributed by atoms with E-state index in [4.69, 9.17) is 4.74 Å². The molecule has 0 bridgehead atoms. The second-order valence-electron chi connectivity index (χ2n) is 6.34. The number of nitrogens with zero attached hydrogens (tertiary/aromatic N) is 1. The van der Waals surface area contributed by atoms with Crippen molar-refractivity contribution in [1.29, 1.82) is 0 Å². The second-order valence-corrected chi connectivity index (χ2v) is 7.12. The number of guanidine groups is 1. The smallest absolute Gasteiger partial charge is 0.306 e. The number of esters is 1. The van der Waals surface area contributed by atoms with E-state index in [2.05, 4.69) is 39.4 Å². The average Bonchev–Trinajstić information content (AvgIpc) is 3.27. The van der Waals surface area contributed by atoms with Crippen LogP contribution in [0.3, 0.4) is 0 Å². The van der Waals surface area contributed by atoms with Crippen LogP contribution in [0.15, 0.2) is 21.8 Å². The number of carbonyl (C=O) groups excluding carboxylic acids is 1. The van der Waals surface area contributed by atoms with E-state index in [1.165, 1.54) is 18.4 Å². The summed E-state index contributed by atoms with van der Waals surface area (Å²) in [6, 6.07) is 2.16. The molecule has 1 aliphatic carbocycles. The number of ether oxygens (including phenoxy) is 1. The van der Waals surface area contributed by atoms with Crippen LogP contribution in [-0.4, -0.2) is 38.2 Å². The minimum atomic E-state index is -0.0715. The van der Waals surface area contributed by atoms with Crippen molar-refractivity contribution in [3.05, 3.63) is 22.4 Å². The molecule has 1 fully saturated rings. The molecular formula is C18H30IN3O2S. The van der Waals surface area contributed by atoms with E-state index in [0.717, 1.165) is 31.8 Å². The number of aliphatic imine (C=N–C) groups is 1. The molecule has 1 aliphatic rings. The summed E-state index contributed by atoms with van der Waals surface area (Å²) < 4.78 is 5.45. The number of halogens is 1. The highest BCUT2D eigenvalue weighted by Gasteiger charge is 2.18. The van der Waals surface area contributed by atoms with Crippen LogP contribution in [0.4, 0.5) is 0 Å². The summed E-state index contributed by atoms with van der Waals surface area (Å²) in [5, 5.41) is 10.9. The molecule has 7 heteroatoms. The molecule has 1 aromatic rings. The molecular weight excluding hydrogens is 449 g/mol. The maximum atomic E-state index is 11.8. The van der Waals surface area contributed by atoms with Gasteiger partial charge >= 0.3 is 5.97 Å². The molecule has 0 amide bonds. The number of rotatable bonds is 8. The SMILES string of the molecule is CN=C(NCCCC(=O)OC1CCCC1)NCC(C)c1ccsc1.I. The van der Waals surface area contributed by atoms with E-state index in [-0.39, 0.29) is 36.0 Å². The molecule has 0 aliphatic heterocycles. The number of hydrogen-bond donors (Lipinski definition) is 2. The maximum absolute atomic E-state index is 11.8. The Labute approximate surface area is 172 Å². The lowest BCUT2D eigenvalue weighted by atomic mass is 10.1. The maximum Gasteiger partial charge on any atom is 0.306 e. The first kappa shape index (κ1) is 22.2. The van der Waals surface area contributed by atoms with E-state index in [1.807, 2.05) is 0 Å². The van der Waals surface area contributed by atoms with Gasteiger partial charge in [-0.3, -0.25) is 9.79 Å². The predicted octanol–water partition coefficient (Wildman–Crippen LogP) is 3.90. The zero-order chi connectivity index (χ0) is 17.2. The highest BCUT2D eigenvalue weighted by molar-refractivity contribution is 14.0. The van der Waals surface area contributed by atoms with Crippen LogP contribution in [0.5, 0.6) is 0 Å². The molecule has 1 aromatic heterocycles. The molecule has 0 aromatic carbocycles. The normalized spacial score (nSPS) is 16.2. The van der Waals surface area contributed by atoms with Crippen molar-refractivity contribution in [3.8, 4) is 0 Å². The molecule has 2 N–H and O–H groups in total. The molecule has 1 unspecified atom stereocenters. The molecule has 0 spiro atoms. The van der Waals surface area contributed by atoms with E-state index in [0.29, 0.717) is 18.9 Å². The number of nitrogens with one attached hydrogen (secondary N) is 2. The van der Waals surface area contributed by atoms with Gasteiger partial charge in [0.1, 0.15) is 6.10 Å². The molecule has 0 saturated heterocycles. The van der Waals surface area contributed by atoms with Gasteiger partial charge in [-0.2, -0.15) is 11.3 Å². The molecule has 142 valence electrons. The Bertz CT molecular complexity index is 516. The summed E-state index contributed by atoms with van der Waals surface area (Å²) in [4.78, 5) is 16.0. The summed E-state index contributed by atoms with van der Waals surface area (Å²) >= 11 is 1.72. The second kappa shape index (κ2) is 12.5. The largest absolute Gasteiger partial charge is 0.462 e. The molecule has 0 radical (unpaired) electrons. The first-order valence-electron chi connectivity index (χ1n) is 8.85. The summed E-state index contributed by atoms with van der Waals surface area (Å²) in [6.45, 7) is 3.74. The lowest BCUT2D eigenvalue weighted by Crippen LogP contribution is -2.39. The standard InChI is InChI=1S/C18H29N3O2S.HI/c1-14(15-9-11-24-13-15)12-21-18(19-2)20-10-5-8-17(22)23-16-6-3-4-7-16;/h9,11,13-14,16H,3-8,10,12H2,1-2H3,(H2,19,20,21);1H. The highest BCUT2D eigenvalue weighted by Crippen LogP contribution is 2.21. The fourth-order valence-corrected chi connectivity index (χ4v) is 3.62. The quantitative estimate of drug-likeness (QED) is 0.195. The Hall–Kier alpha value is -0.830. The van der Waals surface area contributed by atoms with Crippen LogP contribution in [0, 0.1) is 0 Å². The molecule has 1 atom stereocenters. The van der Waals surface area contributed by atoms with Crippen LogP contribution < -0.4 is 10.6 Å². The molecule has 1 heterocycles. The average molecular weight is 479 g/mol. The van der Waals surface area contributed by atoms with Crippen LogP contribution in [0.2, 0.25) is 0 Å². The van der Waals surface area contributed by atoms with Gasteiger partial charge in [-0.25, -0.2) is 0 Å². The topological polar surface area (TPSA) is 62.7 Å². The molecule has 5 nitrogen and oxygen atoms in total. The summed E-state index contributed by atoms with van der Waals surface area (Å²) in [5.41, 5.74) is 1.35. The van der Waals surface area contributed by atoms with E-state index in [9.17, 15) is 4.79 Å². The van der Waals surface area contributed by atoms with Gasteiger partial charge in [-0.1, -0.05) is 6.92 Å². The van der Waals surface area contributed by atoms with Gasteiger partial charge in [-0.15, -0.1) is 24.0 Å². The van der Waals surface area contributed by atoms with Crippen molar-refractivity contribution in [2.24, 2.45) is 4.99 Å². The third kappa shape index (κ3) is 8.40. The third-order valence-electron chi connectivity index (χ3n) is 4.36. The minimum Gasteiger partial charge on any atom is -0.462 e. The van der Waals surface area contributed by atoms with E-state index in [1.54, 1.807) is 18.4 Å². The van der Waals surface area contributed by atoms with Gasteiger partial charge in [0.05, 0.1) is 0 Å². The van der Waals surface area contributed by atoms with Gasteiger partial charge in [-0.05, 0) is 60.4 Å². The van der Waals surface area contributed by atoms with Crippen LogP contribution >= 0.6 is 35.3 Å². The molecule has 1 saturated carbocycles. The van der Waals surface area contributed by atoms with Gasteiger partial charge < -0.3 is 15.4 Å². The van der Waals surface area contributed by atoms with Crippen molar-refractivity contribution in [3.63, 3.8) is 0 Å². The van der Waals surface area contributed by atoms with Crippen LogP contribution in [-0.2, 0) is 9.53 Å². The Morgan fingerprint density at radius 2 is 2.16 bits per heavy atom. The Kier molecular flexibility index (Phi) is 11.1. The monoisotopic (exact) mass is 479 g/mol. The Morgan fingerprint density at radius 3 is 2.80 bits per heavy atom. The number of hydrogen-bond acceptors (Lipinski definition) is 4. The van der Waals surface area contributed by atoms with Crippen molar-refractivity contribution >= 4 is 47.2 Å². The zero-order valence-electron chi connectivity index (χ0n) is 15.1. The summed E-state index contributed by atoms with van der Waals surface area (Å²) in [7, 11) is 1.76. The van der Waals surface area contributed by atoms with Crippen molar-refractivity contribution in [2.75, 3.05) is 20.1 Å². The van der Waals surface area contributed by atoms with Crippen LogP contribution in [0.1, 0.15) is 56.9 Å². The summed E-state index contributed by atoms with van der Waals surface area (Å²) in [5.74, 6) is 1.15. The van der Waals surface area contributed by atoms with E-state index >= 15 is 0 Å². The van der Waals surface area contributed by atoms with Crippen molar-refractivity contribution in [2.45, 2.75) is 57.5 Å². The van der Waals surface area contributed by atoms with Crippen LogP contribution in [0.25, 0.3) is 0 Å². The number of carbonyl (C=O) groups is 1. The lowest BCUT2D eigenvalue weighted by Gasteiger charge is -2.15. The molecule has 25 heavy (non-hydrogen) atoms. The van der Waals surface area contributed by atoms with Crippen molar-refractivity contribution < 1.29 is 9.53 Å². The Morgan fingerprint density at radius 1 is 1.40 bits per heavy atom. The van der Waals surface area contributed by atoms with Crippen molar-refractivity contribution in [1.82, 2.24) is 10.6 Å². The highest BCUT2D eigenvalue weighted by atomic mass is 127. The van der Waals surface area contributed by atoms with E-state index < -0.39 is 0 Å². The fraction of sp³-hybridized carbons (Fsp3) is 0.667. The summed E-state index contributed by atoms with van der Waals surface area (Å²) in [6.07, 6.45) is 5.82. The minimum absolute atomic E-state index is 0. The molecule has 2 rings (SSSR count). The third-order valence-corrected chi connectivity index (χ3v) is 5.06. The van der Waals surface area contributed by atoms with Gasteiger partial charge in [0.2, 0.25) is 0 Å². The number of thiophene rings is 1. The predicted molar refractivity (Wildman–Crippen MR) is 115 cm³/mol. The first-order chi connectivity index (χ1) is 11.7.